The van der Waals surface area contributed by atoms with Crippen LogP contribution in [0.5, 0.6) is 11.5 Å². The fraction of sp³-hybridized carbons (Fsp3) is 0.292. The van der Waals surface area contributed by atoms with Gasteiger partial charge in [-0.05, 0) is 37.0 Å². The Labute approximate surface area is 176 Å². The maximum Gasteiger partial charge on any atom is 0.150 e. The molecule has 0 unspecified atom stereocenters. The minimum Gasteiger partial charge on any atom is -0.497 e. The second-order valence-electron chi connectivity index (χ2n) is 7.60. The number of benzene rings is 2. The van der Waals surface area contributed by atoms with E-state index in [0.29, 0.717) is 6.54 Å². The first kappa shape index (κ1) is 18.6. The average Bonchev–Trinajstić information content (AvgIpc) is 3.21. The number of nitrogens with one attached hydrogen (secondary N) is 1. The lowest BCUT2D eigenvalue weighted by Crippen LogP contribution is -2.09. The molecule has 1 N–H and O–H groups in total. The Morgan fingerprint density at radius 3 is 2.70 bits per heavy atom. The van der Waals surface area contributed by atoms with E-state index < -0.39 is 0 Å². The summed E-state index contributed by atoms with van der Waals surface area (Å²) < 4.78 is 15.2. The van der Waals surface area contributed by atoms with Crippen molar-refractivity contribution in [3.63, 3.8) is 0 Å². The molecular formula is C24H26N4O2. The van der Waals surface area contributed by atoms with E-state index in [0.717, 1.165) is 42.4 Å². The third kappa shape index (κ3) is 3.18. The molecule has 2 aromatic heterocycles. The van der Waals surface area contributed by atoms with Gasteiger partial charge in [0.25, 0.3) is 0 Å². The van der Waals surface area contributed by atoms with Crippen LogP contribution >= 0.6 is 0 Å². The van der Waals surface area contributed by atoms with Gasteiger partial charge in [0.1, 0.15) is 17.1 Å². The summed E-state index contributed by atoms with van der Waals surface area (Å²) in [4.78, 5) is 0. The summed E-state index contributed by atoms with van der Waals surface area (Å²) >= 11 is 0. The monoisotopic (exact) mass is 402 g/mol. The molecule has 2 aromatic carbocycles. The van der Waals surface area contributed by atoms with Crippen molar-refractivity contribution in [1.82, 2.24) is 14.2 Å². The topological polar surface area (TPSA) is 52.7 Å². The van der Waals surface area contributed by atoms with Gasteiger partial charge in [-0.15, -0.1) is 0 Å². The van der Waals surface area contributed by atoms with Gasteiger partial charge in [0, 0.05) is 29.9 Å². The first-order valence-corrected chi connectivity index (χ1v) is 10.4. The second kappa shape index (κ2) is 7.78. The lowest BCUT2D eigenvalue weighted by molar-refractivity contribution is 0.395. The van der Waals surface area contributed by atoms with Crippen LogP contribution in [0.4, 0.5) is 5.69 Å². The fourth-order valence-electron chi connectivity index (χ4n) is 4.35. The van der Waals surface area contributed by atoms with Crippen LogP contribution in [-0.2, 0) is 19.5 Å². The zero-order valence-corrected chi connectivity index (χ0v) is 17.4. The molecule has 0 saturated carbocycles. The number of aromatic nitrogens is 3. The molecule has 4 aromatic rings. The van der Waals surface area contributed by atoms with E-state index >= 15 is 0 Å². The van der Waals surface area contributed by atoms with Gasteiger partial charge in [-0.25, -0.2) is 4.52 Å². The standard InChI is InChI=1S/C24H26N4O2/c1-29-18-11-12-21(22(14-18)30-2)25-15-23-26-28-16-20(17-8-4-3-5-9-17)19-10-6-7-13-27(23)24(19)28/h3-5,8-9,11-12,14,16,25H,6-7,10,13,15H2,1-2H3. The van der Waals surface area contributed by atoms with Gasteiger partial charge in [0.05, 0.1) is 26.5 Å². The summed E-state index contributed by atoms with van der Waals surface area (Å²) in [5.41, 5.74) is 6.11. The molecule has 0 fully saturated rings. The molecule has 0 aliphatic carbocycles. The van der Waals surface area contributed by atoms with Crippen molar-refractivity contribution in [1.29, 1.82) is 0 Å². The number of anilines is 1. The lowest BCUT2D eigenvalue weighted by atomic mass is 10.0. The lowest BCUT2D eigenvalue weighted by Gasteiger charge is -2.13. The molecule has 0 bridgehead atoms. The predicted octanol–water partition coefficient (Wildman–Crippen LogP) is 4.77. The molecule has 6 heteroatoms. The zero-order valence-electron chi connectivity index (χ0n) is 17.4. The highest BCUT2D eigenvalue weighted by molar-refractivity contribution is 5.75. The van der Waals surface area contributed by atoms with Crippen molar-refractivity contribution in [3.05, 3.63) is 66.1 Å². The molecule has 154 valence electrons. The maximum atomic E-state index is 5.52. The molecule has 1 aliphatic rings. The van der Waals surface area contributed by atoms with Crippen LogP contribution in [0, 0.1) is 0 Å². The number of aryl methyl sites for hydroxylation is 2. The Balaban J connectivity index is 1.49. The summed E-state index contributed by atoms with van der Waals surface area (Å²) in [6, 6.07) is 16.4. The fourth-order valence-corrected chi connectivity index (χ4v) is 4.35. The van der Waals surface area contributed by atoms with E-state index in [1.165, 1.54) is 28.8 Å². The van der Waals surface area contributed by atoms with E-state index in [-0.39, 0.29) is 0 Å². The number of rotatable bonds is 6. The third-order valence-electron chi connectivity index (χ3n) is 5.84. The summed E-state index contributed by atoms with van der Waals surface area (Å²) in [5.74, 6) is 2.57. The van der Waals surface area contributed by atoms with Crippen LogP contribution in [0.2, 0.25) is 0 Å². The van der Waals surface area contributed by atoms with Crippen molar-refractivity contribution < 1.29 is 9.47 Å². The average molecular weight is 402 g/mol. The minimum absolute atomic E-state index is 0.629. The predicted molar refractivity (Wildman–Crippen MR) is 118 cm³/mol. The van der Waals surface area contributed by atoms with E-state index in [2.05, 4.69) is 50.9 Å². The zero-order chi connectivity index (χ0) is 20.5. The third-order valence-corrected chi connectivity index (χ3v) is 5.84. The van der Waals surface area contributed by atoms with E-state index in [1.807, 2.05) is 18.2 Å². The number of hydrogen-bond acceptors (Lipinski definition) is 4. The molecule has 0 spiro atoms. The summed E-state index contributed by atoms with van der Waals surface area (Å²) in [5, 5.41) is 8.42. The molecule has 6 nitrogen and oxygen atoms in total. The van der Waals surface area contributed by atoms with Crippen molar-refractivity contribution in [2.75, 3.05) is 19.5 Å². The summed E-state index contributed by atoms with van der Waals surface area (Å²) in [6.07, 6.45) is 5.62. The van der Waals surface area contributed by atoms with Crippen LogP contribution in [-0.4, -0.2) is 28.4 Å². The summed E-state index contributed by atoms with van der Waals surface area (Å²) in [7, 11) is 3.33. The minimum atomic E-state index is 0.629. The van der Waals surface area contributed by atoms with Crippen molar-refractivity contribution >= 4 is 11.3 Å². The van der Waals surface area contributed by atoms with Gasteiger partial charge in [-0.1, -0.05) is 30.3 Å². The highest BCUT2D eigenvalue weighted by Crippen LogP contribution is 2.33. The molecule has 5 rings (SSSR count). The molecule has 3 heterocycles. The van der Waals surface area contributed by atoms with Crippen LogP contribution in [0.1, 0.15) is 24.2 Å². The summed E-state index contributed by atoms with van der Waals surface area (Å²) in [6.45, 7) is 1.62. The highest BCUT2D eigenvalue weighted by atomic mass is 16.5. The molecule has 30 heavy (non-hydrogen) atoms. The van der Waals surface area contributed by atoms with Gasteiger partial charge in [0.15, 0.2) is 5.82 Å². The van der Waals surface area contributed by atoms with Gasteiger partial charge in [-0.3, -0.25) is 0 Å². The van der Waals surface area contributed by atoms with Crippen LogP contribution in [0.15, 0.2) is 54.7 Å². The van der Waals surface area contributed by atoms with Crippen molar-refractivity contribution in [2.45, 2.75) is 32.4 Å². The molecule has 0 saturated heterocycles. The first-order valence-electron chi connectivity index (χ1n) is 10.4. The number of hydrogen-bond donors (Lipinski definition) is 1. The van der Waals surface area contributed by atoms with E-state index in [9.17, 15) is 0 Å². The Bertz CT molecular complexity index is 1180. The molecule has 0 radical (unpaired) electrons. The van der Waals surface area contributed by atoms with Crippen LogP contribution in [0.25, 0.3) is 16.8 Å². The van der Waals surface area contributed by atoms with Crippen LogP contribution < -0.4 is 14.8 Å². The van der Waals surface area contributed by atoms with Gasteiger partial charge in [-0.2, -0.15) is 5.10 Å². The van der Waals surface area contributed by atoms with Gasteiger partial charge < -0.3 is 19.4 Å². The highest BCUT2D eigenvalue weighted by Gasteiger charge is 2.22. The maximum absolute atomic E-state index is 5.52. The Hall–Kier alpha value is -3.41. The van der Waals surface area contributed by atoms with Gasteiger partial charge >= 0.3 is 0 Å². The smallest absolute Gasteiger partial charge is 0.150 e. The SMILES string of the molecule is COc1ccc(NCc2nn3cc(-c4ccccc4)c4c3n2CCCC4)c(OC)c1. The van der Waals surface area contributed by atoms with E-state index in [4.69, 9.17) is 14.6 Å². The number of methoxy groups -OCH3 is 2. The first-order chi connectivity index (χ1) is 14.8. The number of ether oxygens (including phenoxy) is 2. The van der Waals surface area contributed by atoms with Crippen molar-refractivity contribution in [3.8, 4) is 22.6 Å². The van der Waals surface area contributed by atoms with E-state index in [1.54, 1.807) is 14.2 Å². The quantitative estimate of drug-likeness (QED) is 0.505. The molecule has 0 atom stereocenters. The molecular weight excluding hydrogens is 376 g/mol. The van der Waals surface area contributed by atoms with Crippen molar-refractivity contribution in [2.24, 2.45) is 0 Å². The largest absolute Gasteiger partial charge is 0.497 e. The van der Waals surface area contributed by atoms with Crippen LogP contribution in [0.3, 0.4) is 0 Å². The Morgan fingerprint density at radius 1 is 1.03 bits per heavy atom. The second-order valence-corrected chi connectivity index (χ2v) is 7.60. The molecule has 0 amide bonds. The molecule has 1 aliphatic heterocycles. The normalized spacial score (nSPS) is 13.3. The van der Waals surface area contributed by atoms with Gasteiger partial charge in [0.2, 0.25) is 0 Å². The number of nitrogens with zero attached hydrogens (tertiary/aromatic N) is 3. The Kier molecular flexibility index (Phi) is 4.83. The Morgan fingerprint density at radius 2 is 1.90 bits per heavy atom.